The molecule has 0 atom stereocenters. The maximum absolute atomic E-state index is 6.15. The number of anilines is 1. The van der Waals surface area contributed by atoms with Crippen molar-refractivity contribution >= 4 is 17.3 Å². The predicted octanol–water partition coefficient (Wildman–Crippen LogP) is 2.77. The molecule has 1 aromatic carbocycles. The van der Waals surface area contributed by atoms with Gasteiger partial charge in [0, 0.05) is 6.54 Å². The van der Waals surface area contributed by atoms with Crippen LogP contribution in [-0.4, -0.2) is 26.8 Å². The summed E-state index contributed by atoms with van der Waals surface area (Å²) in [5.74, 6) is 0.666. The van der Waals surface area contributed by atoms with Crippen molar-refractivity contribution in [2.75, 3.05) is 11.9 Å². The average Bonchev–Trinajstić information content (AvgIpc) is 2.84. The molecule has 0 radical (unpaired) electrons. The van der Waals surface area contributed by atoms with Crippen LogP contribution in [0, 0.1) is 5.92 Å². The highest BCUT2D eigenvalue weighted by Gasteiger charge is 2.04. The van der Waals surface area contributed by atoms with Gasteiger partial charge in [0.05, 0.1) is 16.4 Å². The van der Waals surface area contributed by atoms with Gasteiger partial charge in [0.25, 0.3) is 0 Å². The van der Waals surface area contributed by atoms with Crippen molar-refractivity contribution in [3.8, 4) is 5.69 Å². The summed E-state index contributed by atoms with van der Waals surface area (Å²) < 4.78 is 1.60. The van der Waals surface area contributed by atoms with Crippen molar-refractivity contribution in [1.82, 2.24) is 20.2 Å². The molecule has 0 saturated carbocycles. The van der Waals surface area contributed by atoms with Crippen molar-refractivity contribution in [1.29, 1.82) is 0 Å². The van der Waals surface area contributed by atoms with Gasteiger partial charge in [-0.15, -0.1) is 5.10 Å². The summed E-state index contributed by atoms with van der Waals surface area (Å²) in [4.78, 5) is 0. The molecule has 2 rings (SSSR count). The Morgan fingerprint density at radius 1 is 1.39 bits per heavy atom. The third-order valence-electron chi connectivity index (χ3n) is 2.60. The first kappa shape index (κ1) is 12.8. The fourth-order valence-electron chi connectivity index (χ4n) is 1.57. The smallest absolute Gasteiger partial charge is 0.143 e. The molecule has 0 aliphatic rings. The molecule has 0 unspecified atom stereocenters. The van der Waals surface area contributed by atoms with E-state index in [9.17, 15) is 0 Å². The lowest BCUT2D eigenvalue weighted by molar-refractivity contribution is 0.607. The fraction of sp³-hybridized carbons (Fsp3) is 0.417. The van der Waals surface area contributed by atoms with Crippen LogP contribution in [0.1, 0.15) is 20.3 Å². The normalized spacial score (nSPS) is 10.9. The highest BCUT2D eigenvalue weighted by atomic mass is 35.5. The standard InChI is InChI=1S/C12H16ClN5/c1-9(2)5-6-14-12-7-10(3-4-11(12)13)18-8-15-16-17-18/h3-4,7-9,14H,5-6H2,1-2H3. The van der Waals surface area contributed by atoms with Crippen LogP contribution in [-0.2, 0) is 0 Å². The van der Waals surface area contributed by atoms with Crippen LogP contribution >= 0.6 is 11.6 Å². The van der Waals surface area contributed by atoms with E-state index in [-0.39, 0.29) is 0 Å². The van der Waals surface area contributed by atoms with Crippen LogP contribution in [0.2, 0.25) is 5.02 Å². The van der Waals surface area contributed by atoms with E-state index in [2.05, 4.69) is 34.7 Å². The Kier molecular flexibility index (Phi) is 4.15. The highest BCUT2D eigenvalue weighted by Crippen LogP contribution is 2.24. The van der Waals surface area contributed by atoms with Gasteiger partial charge in [-0.25, -0.2) is 4.68 Å². The summed E-state index contributed by atoms with van der Waals surface area (Å²) in [6, 6.07) is 5.67. The Morgan fingerprint density at radius 2 is 2.22 bits per heavy atom. The van der Waals surface area contributed by atoms with Crippen molar-refractivity contribution in [3.63, 3.8) is 0 Å². The molecule has 5 nitrogen and oxygen atoms in total. The summed E-state index contributed by atoms with van der Waals surface area (Å²) in [5, 5.41) is 15.1. The van der Waals surface area contributed by atoms with Crippen LogP contribution in [0.25, 0.3) is 5.69 Å². The first-order valence-electron chi connectivity index (χ1n) is 5.93. The Labute approximate surface area is 111 Å². The van der Waals surface area contributed by atoms with Crippen molar-refractivity contribution in [2.45, 2.75) is 20.3 Å². The minimum absolute atomic E-state index is 0.666. The van der Waals surface area contributed by atoms with Crippen LogP contribution in [0.4, 0.5) is 5.69 Å². The number of aromatic nitrogens is 4. The monoisotopic (exact) mass is 265 g/mol. The number of benzene rings is 1. The van der Waals surface area contributed by atoms with Crippen LogP contribution in [0.5, 0.6) is 0 Å². The molecule has 1 heterocycles. The number of hydrogen-bond acceptors (Lipinski definition) is 4. The SMILES string of the molecule is CC(C)CCNc1cc(-n2cnnn2)ccc1Cl. The Hall–Kier alpha value is -1.62. The second-order valence-electron chi connectivity index (χ2n) is 4.53. The number of nitrogens with one attached hydrogen (secondary N) is 1. The third kappa shape index (κ3) is 3.20. The van der Waals surface area contributed by atoms with Gasteiger partial charge in [-0.3, -0.25) is 0 Å². The molecular weight excluding hydrogens is 250 g/mol. The first-order chi connectivity index (χ1) is 8.66. The Morgan fingerprint density at radius 3 is 2.89 bits per heavy atom. The number of hydrogen-bond donors (Lipinski definition) is 1. The van der Waals surface area contributed by atoms with E-state index >= 15 is 0 Å². The van der Waals surface area contributed by atoms with E-state index in [1.54, 1.807) is 11.0 Å². The molecule has 0 amide bonds. The molecule has 0 aliphatic carbocycles. The van der Waals surface area contributed by atoms with Crippen LogP contribution in [0.15, 0.2) is 24.5 Å². The van der Waals surface area contributed by atoms with E-state index in [1.807, 2.05) is 18.2 Å². The van der Waals surface area contributed by atoms with Crippen molar-refractivity contribution in [2.24, 2.45) is 5.92 Å². The first-order valence-corrected chi connectivity index (χ1v) is 6.31. The van der Waals surface area contributed by atoms with Crippen LogP contribution < -0.4 is 5.32 Å². The Bertz CT molecular complexity index is 495. The average molecular weight is 266 g/mol. The zero-order chi connectivity index (χ0) is 13.0. The zero-order valence-corrected chi connectivity index (χ0v) is 11.2. The lowest BCUT2D eigenvalue weighted by atomic mass is 10.1. The molecule has 0 bridgehead atoms. The topological polar surface area (TPSA) is 55.6 Å². The van der Waals surface area contributed by atoms with Gasteiger partial charge in [0.15, 0.2) is 0 Å². The largest absolute Gasteiger partial charge is 0.384 e. The molecule has 6 heteroatoms. The minimum Gasteiger partial charge on any atom is -0.384 e. The highest BCUT2D eigenvalue weighted by molar-refractivity contribution is 6.33. The molecule has 0 aliphatic heterocycles. The van der Waals surface area contributed by atoms with E-state index in [0.29, 0.717) is 10.9 Å². The molecule has 0 fully saturated rings. The molecule has 1 N–H and O–H groups in total. The van der Waals surface area contributed by atoms with Gasteiger partial charge in [0.1, 0.15) is 6.33 Å². The van der Waals surface area contributed by atoms with E-state index in [4.69, 9.17) is 11.6 Å². The predicted molar refractivity (Wildman–Crippen MR) is 72.1 cm³/mol. The van der Waals surface area contributed by atoms with E-state index in [0.717, 1.165) is 24.3 Å². The van der Waals surface area contributed by atoms with Crippen LogP contribution in [0.3, 0.4) is 0 Å². The lowest BCUT2D eigenvalue weighted by Gasteiger charge is -2.11. The molecule has 2 aromatic rings. The number of nitrogens with zero attached hydrogens (tertiary/aromatic N) is 4. The van der Waals surface area contributed by atoms with Gasteiger partial charge >= 0.3 is 0 Å². The van der Waals surface area contributed by atoms with E-state index < -0.39 is 0 Å². The maximum atomic E-state index is 6.15. The molecule has 1 aromatic heterocycles. The van der Waals surface area contributed by atoms with Gasteiger partial charge in [-0.1, -0.05) is 25.4 Å². The molecule has 0 spiro atoms. The third-order valence-corrected chi connectivity index (χ3v) is 2.93. The quantitative estimate of drug-likeness (QED) is 0.903. The van der Waals surface area contributed by atoms with Gasteiger partial charge in [-0.2, -0.15) is 0 Å². The van der Waals surface area contributed by atoms with Gasteiger partial charge in [-0.05, 0) is 41.0 Å². The zero-order valence-electron chi connectivity index (χ0n) is 10.5. The molecule has 18 heavy (non-hydrogen) atoms. The molecule has 0 saturated heterocycles. The summed E-state index contributed by atoms with van der Waals surface area (Å²) in [6.45, 7) is 5.29. The van der Waals surface area contributed by atoms with Crippen molar-refractivity contribution < 1.29 is 0 Å². The fourth-order valence-corrected chi connectivity index (χ4v) is 1.75. The summed E-state index contributed by atoms with van der Waals surface area (Å²) in [6.07, 6.45) is 2.66. The van der Waals surface area contributed by atoms with Crippen molar-refractivity contribution in [3.05, 3.63) is 29.5 Å². The summed E-state index contributed by atoms with van der Waals surface area (Å²) in [7, 11) is 0. The molecule has 96 valence electrons. The summed E-state index contributed by atoms with van der Waals surface area (Å²) >= 11 is 6.15. The minimum atomic E-state index is 0.666. The second-order valence-corrected chi connectivity index (χ2v) is 4.94. The van der Waals surface area contributed by atoms with Gasteiger partial charge in [0.2, 0.25) is 0 Å². The lowest BCUT2D eigenvalue weighted by Crippen LogP contribution is -2.06. The summed E-state index contributed by atoms with van der Waals surface area (Å²) in [5.41, 5.74) is 1.79. The Balaban J connectivity index is 2.12. The van der Waals surface area contributed by atoms with E-state index in [1.165, 1.54) is 0 Å². The maximum Gasteiger partial charge on any atom is 0.143 e. The number of rotatable bonds is 5. The molecular formula is C12H16ClN5. The second kappa shape index (κ2) is 5.82. The number of halogens is 1. The van der Waals surface area contributed by atoms with Gasteiger partial charge < -0.3 is 5.32 Å². The number of tetrazole rings is 1.